The summed E-state index contributed by atoms with van der Waals surface area (Å²) in [5, 5.41) is 10.2. The van der Waals surface area contributed by atoms with Crippen molar-refractivity contribution in [2.75, 3.05) is 13.1 Å². The first-order valence-corrected chi connectivity index (χ1v) is 9.73. The molecule has 0 aliphatic carbocycles. The molecule has 1 N–H and O–H groups in total. The number of aromatic nitrogens is 2. The summed E-state index contributed by atoms with van der Waals surface area (Å²) in [6.07, 6.45) is 8.93. The van der Waals surface area contributed by atoms with Crippen LogP contribution in [-0.2, 0) is 6.54 Å². The number of hydrogen-bond donors (Lipinski definition) is 1. The molecule has 0 radical (unpaired) electrons. The van der Waals surface area contributed by atoms with Crippen molar-refractivity contribution in [2.24, 2.45) is 5.92 Å². The van der Waals surface area contributed by atoms with Crippen molar-refractivity contribution in [2.45, 2.75) is 19.4 Å². The first-order chi connectivity index (χ1) is 12.7. The quantitative estimate of drug-likeness (QED) is 0.650. The van der Waals surface area contributed by atoms with Gasteiger partial charge in [0.15, 0.2) is 0 Å². The van der Waals surface area contributed by atoms with Crippen molar-refractivity contribution >= 4 is 40.2 Å². The van der Waals surface area contributed by atoms with Crippen LogP contribution in [0.5, 0.6) is 0 Å². The van der Waals surface area contributed by atoms with Crippen LogP contribution >= 0.6 is 23.2 Å². The van der Waals surface area contributed by atoms with Crippen molar-refractivity contribution in [1.29, 1.82) is 0 Å². The molecule has 3 nitrogen and oxygen atoms in total. The Bertz CT molecular complexity index is 940. The van der Waals surface area contributed by atoms with Crippen LogP contribution in [0.15, 0.2) is 48.7 Å². The van der Waals surface area contributed by atoms with Gasteiger partial charge in [0.25, 0.3) is 0 Å². The fourth-order valence-corrected chi connectivity index (χ4v) is 3.73. The molecule has 1 aromatic heterocycles. The minimum atomic E-state index is 0.575. The fraction of sp³-hybridized carbons (Fsp3) is 0.286. The van der Waals surface area contributed by atoms with Crippen LogP contribution in [0.3, 0.4) is 0 Å². The summed E-state index contributed by atoms with van der Waals surface area (Å²) in [5.41, 5.74) is 3.43. The number of benzene rings is 2. The molecular weight excluding hydrogens is 365 g/mol. The van der Waals surface area contributed by atoms with E-state index in [1.54, 1.807) is 0 Å². The van der Waals surface area contributed by atoms with Gasteiger partial charge < -0.3 is 5.32 Å². The third kappa shape index (κ3) is 3.96. The van der Waals surface area contributed by atoms with E-state index in [1.165, 1.54) is 18.4 Å². The maximum atomic E-state index is 6.14. The van der Waals surface area contributed by atoms with Crippen LogP contribution in [0.4, 0.5) is 0 Å². The second kappa shape index (κ2) is 7.83. The molecule has 0 bridgehead atoms. The third-order valence-corrected chi connectivity index (χ3v) is 5.67. The van der Waals surface area contributed by atoms with Crippen LogP contribution < -0.4 is 5.32 Å². The number of allylic oxidation sites excluding steroid dienone is 1. The zero-order valence-electron chi connectivity index (χ0n) is 14.5. The van der Waals surface area contributed by atoms with Gasteiger partial charge in [-0.05, 0) is 61.2 Å². The molecule has 2 aromatic carbocycles. The van der Waals surface area contributed by atoms with Gasteiger partial charge in [0.05, 0.1) is 28.3 Å². The fourth-order valence-electron chi connectivity index (χ4n) is 3.41. The molecule has 1 fully saturated rings. The molecule has 2 heterocycles. The number of rotatable bonds is 4. The highest BCUT2D eigenvalue weighted by molar-refractivity contribution is 6.42. The summed E-state index contributed by atoms with van der Waals surface area (Å²) in [6, 6.07) is 12.2. The highest BCUT2D eigenvalue weighted by Crippen LogP contribution is 2.24. The second-order valence-electron chi connectivity index (χ2n) is 6.82. The number of hydrogen-bond acceptors (Lipinski definition) is 2. The number of halogens is 2. The van der Waals surface area contributed by atoms with E-state index in [0.29, 0.717) is 22.5 Å². The van der Waals surface area contributed by atoms with Gasteiger partial charge in [0, 0.05) is 5.39 Å². The van der Waals surface area contributed by atoms with Crippen LogP contribution in [0.25, 0.3) is 17.0 Å². The SMILES string of the molecule is Clc1ccc(Cn2ncc3ccc(C=CC4CCNCC4)cc32)cc1Cl. The van der Waals surface area contributed by atoms with E-state index in [9.17, 15) is 0 Å². The third-order valence-electron chi connectivity index (χ3n) is 4.93. The lowest BCUT2D eigenvalue weighted by molar-refractivity contribution is 0.438. The number of piperidine rings is 1. The lowest BCUT2D eigenvalue weighted by atomic mass is 9.97. The molecule has 3 aromatic rings. The Kier molecular flexibility index (Phi) is 5.30. The van der Waals surface area contributed by atoms with E-state index in [2.05, 4.69) is 40.8 Å². The molecule has 0 amide bonds. The molecule has 26 heavy (non-hydrogen) atoms. The van der Waals surface area contributed by atoms with Gasteiger partial charge in [-0.3, -0.25) is 4.68 Å². The number of nitrogens with one attached hydrogen (secondary N) is 1. The molecule has 0 atom stereocenters. The summed E-state index contributed by atoms with van der Waals surface area (Å²) >= 11 is 12.1. The van der Waals surface area contributed by atoms with E-state index in [1.807, 2.05) is 29.1 Å². The lowest BCUT2D eigenvalue weighted by Gasteiger charge is -2.19. The first kappa shape index (κ1) is 17.6. The van der Waals surface area contributed by atoms with Crippen LogP contribution in [0, 0.1) is 5.92 Å². The molecule has 1 aliphatic rings. The van der Waals surface area contributed by atoms with E-state index < -0.39 is 0 Å². The zero-order chi connectivity index (χ0) is 17.9. The Morgan fingerprint density at radius 1 is 1.08 bits per heavy atom. The first-order valence-electron chi connectivity index (χ1n) is 8.97. The van der Waals surface area contributed by atoms with E-state index >= 15 is 0 Å². The van der Waals surface area contributed by atoms with Gasteiger partial charge >= 0.3 is 0 Å². The van der Waals surface area contributed by atoms with Crippen molar-refractivity contribution in [1.82, 2.24) is 15.1 Å². The maximum Gasteiger partial charge on any atom is 0.0692 e. The molecule has 1 saturated heterocycles. The minimum absolute atomic E-state index is 0.575. The molecule has 0 saturated carbocycles. The summed E-state index contributed by atoms with van der Waals surface area (Å²) < 4.78 is 2.01. The second-order valence-corrected chi connectivity index (χ2v) is 7.63. The summed E-state index contributed by atoms with van der Waals surface area (Å²) in [5.74, 6) is 0.674. The Morgan fingerprint density at radius 2 is 1.92 bits per heavy atom. The van der Waals surface area contributed by atoms with Crippen LogP contribution in [-0.4, -0.2) is 22.9 Å². The Hall–Kier alpha value is -1.81. The van der Waals surface area contributed by atoms with Gasteiger partial charge in [-0.25, -0.2) is 0 Å². The Labute approximate surface area is 163 Å². The zero-order valence-corrected chi connectivity index (χ0v) is 16.0. The lowest BCUT2D eigenvalue weighted by Crippen LogP contribution is -2.26. The molecule has 0 spiro atoms. The predicted octanol–water partition coefficient (Wildman–Crippen LogP) is 5.40. The predicted molar refractivity (Wildman–Crippen MR) is 110 cm³/mol. The monoisotopic (exact) mass is 385 g/mol. The van der Waals surface area contributed by atoms with Gasteiger partial charge in [-0.1, -0.05) is 53.6 Å². The number of nitrogens with zero attached hydrogens (tertiary/aromatic N) is 2. The smallest absolute Gasteiger partial charge is 0.0692 e. The Morgan fingerprint density at radius 3 is 2.73 bits per heavy atom. The molecule has 5 heteroatoms. The molecule has 4 rings (SSSR count). The topological polar surface area (TPSA) is 29.9 Å². The minimum Gasteiger partial charge on any atom is -0.317 e. The summed E-state index contributed by atoms with van der Waals surface area (Å²) in [6.45, 7) is 2.90. The van der Waals surface area contributed by atoms with E-state index in [4.69, 9.17) is 23.2 Å². The highest BCUT2D eigenvalue weighted by Gasteiger charge is 2.10. The Balaban J connectivity index is 1.57. The van der Waals surface area contributed by atoms with Crippen molar-refractivity contribution in [3.05, 3.63) is 69.8 Å². The molecule has 0 unspecified atom stereocenters. The van der Waals surface area contributed by atoms with Crippen LogP contribution in [0.2, 0.25) is 10.0 Å². The molecular formula is C21H21Cl2N3. The van der Waals surface area contributed by atoms with E-state index in [0.717, 1.165) is 29.6 Å². The number of fused-ring (bicyclic) bond motifs is 1. The molecule has 134 valence electrons. The van der Waals surface area contributed by atoms with Crippen molar-refractivity contribution in [3.8, 4) is 0 Å². The summed E-state index contributed by atoms with van der Waals surface area (Å²) in [7, 11) is 0. The average Bonchev–Trinajstić information content (AvgIpc) is 3.06. The van der Waals surface area contributed by atoms with Crippen molar-refractivity contribution < 1.29 is 0 Å². The molecule has 1 aliphatic heterocycles. The van der Waals surface area contributed by atoms with Gasteiger partial charge in [-0.2, -0.15) is 5.10 Å². The van der Waals surface area contributed by atoms with E-state index in [-0.39, 0.29) is 0 Å². The highest BCUT2D eigenvalue weighted by atomic mass is 35.5. The largest absolute Gasteiger partial charge is 0.317 e. The van der Waals surface area contributed by atoms with Crippen molar-refractivity contribution in [3.63, 3.8) is 0 Å². The standard InChI is InChI=1S/C21H21Cl2N3/c22-19-6-4-17(11-20(19)23)14-26-21-12-16(3-5-18(21)13-25-26)2-1-15-7-9-24-10-8-15/h1-6,11-13,15,24H,7-10,14H2. The van der Waals surface area contributed by atoms with Crippen LogP contribution in [0.1, 0.15) is 24.0 Å². The van der Waals surface area contributed by atoms with Gasteiger partial charge in [0.1, 0.15) is 0 Å². The van der Waals surface area contributed by atoms with Gasteiger partial charge in [-0.15, -0.1) is 0 Å². The summed E-state index contributed by atoms with van der Waals surface area (Å²) in [4.78, 5) is 0. The maximum absolute atomic E-state index is 6.14. The van der Waals surface area contributed by atoms with Gasteiger partial charge in [0.2, 0.25) is 0 Å². The normalized spacial score (nSPS) is 15.9. The average molecular weight is 386 g/mol.